The van der Waals surface area contributed by atoms with Crippen LogP contribution in [0.25, 0.3) is 10.9 Å². The molecule has 1 N–H and O–H groups in total. The first kappa shape index (κ1) is 10.1. The molecule has 15 heavy (non-hydrogen) atoms. The first-order valence-corrected chi connectivity index (χ1v) is 5.24. The second kappa shape index (κ2) is 4.36. The number of hydrogen-bond acceptors (Lipinski definition) is 2. The molecule has 0 radical (unpaired) electrons. The molecule has 80 valence electrons. The molecular formula is C12H16N2O. The summed E-state index contributed by atoms with van der Waals surface area (Å²) in [4.78, 5) is 8.64. The second-order valence-electron chi connectivity index (χ2n) is 3.53. The molecule has 1 heterocycles. The Morgan fingerprint density at radius 3 is 2.80 bits per heavy atom. The third-order valence-corrected chi connectivity index (χ3v) is 2.43. The van der Waals surface area contributed by atoms with E-state index < -0.39 is 0 Å². The molecule has 0 bridgehead atoms. The lowest BCUT2D eigenvalue weighted by atomic mass is 10.2. The zero-order valence-electron chi connectivity index (χ0n) is 9.16. The molecule has 1 aromatic heterocycles. The molecule has 3 heteroatoms. The van der Waals surface area contributed by atoms with Gasteiger partial charge in [-0.1, -0.05) is 25.1 Å². The normalized spacial score (nSPS) is 10.8. The summed E-state index contributed by atoms with van der Waals surface area (Å²) in [5.74, 6) is 1.01. The number of hydrogen-bond donors (Lipinski definition) is 1. The lowest BCUT2D eigenvalue weighted by Crippen LogP contribution is -2.22. The van der Waals surface area contributed by atoms with Crippen LogP contribution in [-0.4, -0.2) is 18.6 Å². The molecule has 0 fully saturated rings. The minimum atomic E-state index is 0.892. The van der Waals surface area contributed by atoms with Crippen molar-refractivity contribution < 1.29 is 4.84 Å². The number of para-hydroxylation sites is 1. The summed E-state index contributed by atoms with van der Waals surface area (Å²) in [6.07, 6.45) is 1.06. The van der Waals surface area contributed by atoms with Crippen LogP contribution < -0.4 is 5.06 Å². The number of benzene rings is 1. The smallest absolute Gasteiger partial charge is 0.131 e. The third-order valence-electron chi connectivity index (χ3n) is 2.43. The molecule has 2 aromatic rings. The zero-order valence-corrected chi connectivity index (χ0v) is 9.16. The Labute approximate surface area is 89.6 Å². The van der Waals surface area contributed by atoms with Gasteiger partial charge in [-0.2, -0.15) is 0 Å². The standard InChI is InChI=1S/C12H16N2O/c1-3-8-14(15-2)12-9-10-6-4-5-7-11(10)13-12/h4-7,9,13H,3,8H2,1-2H3. The minimum Gasteiger partial charge on any atom is -0.340 e. The Morgan fingerprint density at radius 1 is 1.33 bits per heavy atom. The monoisotopic (exact) mass is 204 g/mol. The highest BCUT2D eigenvalue weighted by atomic mass is 16.7. The number of nitrogens with zero attached hydrogens (tertiary/aromatic N) is 1. The fourth-order valence-corrected chi connectivity index (χ4v) is 1.71. The molecule has 0 atom stereocenters. The molecule has 0 spiro atoms. The summed E-state index contributed by atoms with van der Waals surface area (Å²) in [7, 11) is 1.70. The Balaban J connectivity index is 2.34. The topological polar surface area (TPSA) is 28.3 Å². The predicted octanol–water partition coefficient (Wildman–Crippen LogP) is 2.95. The van der Waals surface area contributed by atoms with E-state index in [1.54, 1.807) is 7.11 Å². The number of H-pyrrole nitrogens is 1. The van der Waals surface area contributed by atoms with Gasteiger partial charge < -0.3 is 4.98 Å². The van der Waals surface area contributed by atoms with Crippen molar-refractivity contribution in [3.8, 4) is 0 Å². The average Bonchev–Trinajstić information content (AvgIpc) is 2.69. The van der Waals surface area contributed by atoms with Gasteiger partial charge in [0.1, 0.15) is 5.82 Å². The van der Waals surface area contributed by atoms with Crippen LogP contribution in [0.5, 0.6) is 0 Å². The van der Waals surface area contributed by atoms with Gasteiger partial charge in [0, 0.05) is 17.4 Å². The Morgan fingerprint density at radius 2 is 2.13 bits per heavy atom. The van der Waals surface area contributed by atoms with E-state index >= 15 is 0 Å². The number of nitrogens with one attached hydrogen (secondary N) is 1. The van der Waals surface area contributed by atoms with Gasteiger partial charge in [0.2, 0.25) is 0 Å². The highest BCUT2D eigenvalue weighted by Crippen LogP contribution is 2.21. The van der Waals surface area contributed by atoms with Gasteiger partial charge in [0.05, 0.1) is 7.11 Å². The molecule has 0 saturated heterocycles. The fraction of sp³-hybridized carbons (Fsp3) is 0.333. The summed E-state index contributed by atoms with van der Waals surface area (Å²) in [5.41, 5.74) is 1.14. The minimum absolute atomic E-state index is 0.892. The van der Waals surface area contributed by atoms with Gasteiger partial charge in [0.15, 0.2) is 0 Å². The summed E-state index contributed by atoms with van der Waals surface area (Å²) in [6.45, 7) is 3.03. The largest absolute Gasteiger partial charge is 0.340 e. The first-order chi connectivity index (χ1) is 7.35. The van der Waals surface area contributed by atoms with E-state index in [0.717, 1.165) is 24.3 Å². The summed E-state index contributed by atoms with van der Waals surface area (Å²) in [6, 6.07) is 10.3. The van der Waals surface area contributed by atoms with Gasteiger partial charge in [0.25, 0.3) is 0 Å². The maximum absolute atomic E-state index is 5.31. The van der Waals surface area contributed by atoms with Crippen molar-refractivity contribution >= 4 is 16.7 Å². The molecule has 0 aliphatic carbocycles. The number of aromatic amines is 1. The van der Waals surface area contributed by atoms with E-state index in [0.29, 0.717) is 0 Å². The van der Waals surface area contributed by atoms with Crippen molar-refractivity contribution in [2.45, 2.75) is 13.3 Å². The maximum Gasteiger partial charge on any atom is 0.131 e. The number of anilines is 1. The van der Waals surface area contributed by atoms with Crippen molar-refractivity contribution in [3.63, 3.8) is 0 Å². The first-order valence-electron chi connectivity index (χ1n) is 5.24. The van der Waals surface area contributed by atoms with Crippen LogP contribution in [0.3, 0.4) is 0 Å². The van der Waals surface area contributed by atoms with Crippen molar-refractivity contribution in [1.29, 1.82) is 0 Å². The van der Waals surface area contributed by atoms with Crippen LogP contribution in [-0.2, 0) is 4.84 Å². The number of rotatable bonds is 4. The van der Waals surface area contributed by atoms with Crippen LogP contribution in [0.4, 0.5) is 5.82 Å². The maximum atomic E-state index is 5.31. The fourth-order valence-electron chi connectivity index (χ4n) is 1.71. The highest BCUT2D eigenvalue weighted by molar-refractivity contribution is 5.83. The molecular weight excluding hydrogens is 188 g/mol. The van der Waals surface area contributed by atoms with Gasteiger partial charge >= 0.3 is 0 Å². The highest BCUT2D eigenvalue weighted by Gasteiger charge is 2.07. The van der Waals surface area contributed by atoms with E-state index in [-0.39, 0.29) is 0 Å². The van der Waals surface area contributed by atoms with E-state index in [4.69, 9.17) is 4.84 Å². The molecule has 0 unspecified atom stereocenters. The lowest BCUT2D eigenvalue weighted by molar-refractivity contribution is 0.165. The summed E-state index contributed by atoms with van der Waals surface area (Å²) >= 11 is 0. The molecule has 0 aliphatic rings. The molecule has 2 rings (SSSR count). The van der Waals surface area contributed by atoms with Crippen molar-refractivity contribution in [1.82, 2.24) is 4.98 Å². The average molecular weight is 204 g/mol. The molecule has 3 nitrogen and oxygen atoms in total. The molecule has 1 aromatic carbocycles. The Kier molecular flexibility index (Phi) is 2.92. The van der Waals surface area contributed by atoms with Crippen LogP contribution >= 0.6 is 0 Å². The van der Waals surface area contributed by atoms with Crippen molar-refractivity contribution in [2.75, 3.05) is 18.7 Å². The van der Waals surface area contributed by atoms with E-state index in [1.165, 1.54) is 5.39 Å². The number of hydroxylamine groups is 1. The predicted molar refractivity (Wildman–Crippen MR) is 62.9 cm³/mol. The summed E-state index contributed by atoms with van der Waals surface area (Å²) in [5, 5.41) is 3.09. The third kappa shape index (κ3) is 1.97. The van der Waals surface area contributed by atoms with Gasteiger partial charge in [-0.15, -0.1) is 0 Å². The van der Waals surface area contributed by atoms with E-state index in [1.807, 2.05) is 17.2 Å². The van der Waals surface area contributed by atoms with E-state index in [2.05, 4.69) is 30.1 Å². The zero-order chi connectivity index (χ0) is 10.7. The van der Waals surface area contributed by atoms with Crippen LogP contribution in [0, 0.1) is 0 Å². The molecule has 0 aliphatic heterocycles. The van der Waals surface area contributed by atoms with Crippen LogP contribution in [0.1, 0.15) is 13.3 Å². The lowest BCUT2D eigenvalue weighted by Gasteiger charge is -2.18. The van der Waals surface area contributed by atoms with Gasteiger partial charge in [-0.25, -0.2) is 5.06 Å². The van der Waals surface area contributed by atoms with E-state index in [9.17, 15) is 0 Å². The number of aromatic nitrogens is 1. The SMILES string of the molecule is CCCN(OC)c1cc2ccccc2[nH]1. The van der Waals surface area contributed by atoms with Crippen molar-refractivity contribution in [2.24, 2.45) is 0 Å². The quantitative estimate of drug-likeness (QED) is 0.775. The Bertz CT molecular complexity index is 403. The van der Waals surface area contributed by atoms with Crippen molar-refractivity contribution in [3.05, 3.63) is 30.3 Å². The van der Waals surface area contributed by atoms with Gasteiger partial charge in [-0.05, 0) is 18.6 Å². The summed E-state index contributed by atoms with van der Waals surface area (Å²) < 4.78 is 0. The Hall–Kier alpha value is -1.48. The van der Waals surface area contributed by atoms with Gasteiger partial charge in [-0.3, -0.25) is 4.84 Å². The van der Waals surface area contributed by atoms with Crippen LogP contribution in [0.15, 0.2) is 30.3 Å². The number of fused-ring (bicyclic) bond motifs is 1. The van der Waals surface area contributed by atoms with Crippen LogP contribution in [0.2, 0.25) is 0 Å². The molecule has 0 amide bonds. The second-order valence-corrected chi connectivity index (χ2v) is 3.53. The molecule has 0 saturated carbocycles.